The molecular formula is C9H9ClN2. The van der Waals surface area contributed by atoms with Gasteiger partial charge in [0, 0.05) is 11.1 Å². The molecule has 0 bridgehead atoms. The van der Waals surface area contributed by atoms with Gasteiger partial charge in [0.25, 0.3) is 0 Å². The highest BCUT2D eigenvalue weighted by molar-refractivity contribution is 6.31. The van der Waals surface area contributed by atoms with Crippen molar-refractivity contribution in [1.29, 1.82) is 0 Å². The number of nitrogens with zero attached hydrogens (tertiary/aromatic N) is 2. The maximum Gasteiger partial charge on any atom is 0.159 e. The lowest BCUT2D eigenvalue weighted by Crippen LogP contribution is -1.89. The zero-order valence-electron chi connectivity index (χ0n) is 6.79. The topological polar surface area (TPSA) is 25.8 Å². The first kappa shape index (κ1) is 8.94. The van der Waals surface area contributed by atoms with E-state index >= 15 is 0 Å². The molecule has 62 valence electrons. The molecule has 0 aliphatic rings. The maximum atomic E-state index is 5.81. The summed E-state index contributed by atoms with van der Waals surface area (Å²) in [4.78, 5) is 0. The lowest BCUT2D eigenvalue weighted by molar-refractivity contribution is 1.02. The Morgan fingerprint density at radius 1 is 1.58 bits per heavy atom. The van der Waals surface area contributed by atoms with E-state index in [0.717, 1.165) is 11.1 Å². The fourth-order valence-corrected chi connectivity index (χ4v) is 1.09. The molecule has 0 saturated heterocycles. The zero-order valence-corrected chi connectivity index (χ0v) is 7.54. The van der Waals surface area contributed by atoms with Crippen LogP contribution in [0.15, 0.2) is 18.9 Å². The van der Waals surface area contributed by atoms with Crippen LogP contribution in [0.1, 0.15) is 18.1 Å². The predicted molar refractivity (Wildman–Crippen MR) is 51.8 cm³/mol. The summed E-state index contributed by atoms with van der Waals surface area (Å²) in [6.45, 7) is 5.57. The fourth-order valence-electron chi connectivity index (χ4n) is 0.879. The molecule has 1 aromatic heterocycles. The highest BCUT2D eigenvalue weighted by Crippen LogP contribution is 2.18. The lowest BCUT2D eigenvalue weighted by Gasteiger charge is -1.99. The second kappa shape index (κ2) is 4.02. The summed E-state index contributed by atoms with van der Waals surface area (Å²) in [6, 6.07) is 0. The van der Waals surface area contributed by atoms with E-state index in [1.54, 1.807) is 12.3 Å². The van der Waals surface area contributed by atoms with Crippen molar-refractivity contribution in [3.8, 4) is 0 Å². The molecule has 0 unspecified atom stereocenters. The molecule has 3 heteroatoms. The third-order valence-electron chi connectivity index (χ3n) is 1.43. The lowest BCUT2D eigenvalue weighted by atomic mass is 10.1. The highest BCUT2D eigenvalue weighted by atomic mass is 35.5. The van der Waals surface area contributed by atoms with Crippen LogP contribution in [0.5, 0.6) is 0 Å². The van der Waals surface area contributed by atoms with Crippen LogP contribution in [0.25, 0.3) is 12.2 Å². The summed E-state index contributed by atoms with van der Waals surface area (Å²) in [7, 11) is 0. The molecule has 12 heavy (non-hydrogen) atoms. The van der Waals surface area contributed by atoms with Gasteiger partial charge in [0.1, 0.15) is 0 Å². The van der Waals surface area contributed by atoms with E-state index in [-0.39, 0.29) is 0 Å². The smallest absolute Gasteiger partial charge is 0.157 e. The van der Waals surface area contributed by atoms with Gasteiger partial charge in [-0.05, 0) is 6.92 Å². The Labute approximate surface area is 76.6 Å². The third kappa shape index (κ3) is 1.71. The second-order valence-electron chi connectivity index (χ2n) is 2.21. The van der Waals surface area contributed by atoms with Crippen LogP contribution in [0.3, 0.4) is 0 Å². The molecule has 1 heterocycles. The van der Waals surface area contributed by atoms with Crippen molar-refractivity contribution >= 4 is 23.8 Å². The Bertz CT molecular complexity index is 318. The molecule has 0 aliphatic heterocycles. The van der Waals surface area contributed by atoms with E-state index in [9.17, 15) is 0 Å². The van der Waals surface area contributed by atoms with Crippen molar-refractivity contribution in [3.05, 3.63) is 35.1 Å². The molecule has 1 aromatic rings. The Balaban J connectivity index is 3.28. The number of rotatable bonds is 2. The van der Waals surface area contributed by atoms with Crippen LogP contribution in [-0.2, 0) is 0 Å². The van der Waals surface area contributed by atoms with Gasteiger partial charge in [-0.1, -0.05) is 36.4 Å². The van der Waals surface area contributed by atoms with Gasteiger partial charge in [0.05, 0.1) is 6.20 Å². The van der Waals surface area contributed by atoms with Gasteiger partial charge in [-0.3, -0.25) is 0 Å². The Morgan fingerprint density at radius 3 is 2.92 bits per heavy atom. The SMILES string of the molecule is C=Cc1cnnc(Cl)c1/C=C\C. The van der Waals surface area contributed by atoms with Crippen LogP contribution in [0, 0.1) is 0 Å². The van der Waals surface area contributed by atoms with Gasteiger partial charge in [-0.15, -0.1) is 5.10 Å². The van der Waals surface area contributed by atoms with Crippen molar-refractivity contribution in [1.82, 2.24) is 10.2 Å². The monoisotopic (exact) mass is 180 g/mol. The van der Waals surface area contributed by atoms with Crippen molar-refractivity contribution in [2.45, 2.75) is 6.92 Å². The van der Waals surface area contributed by atoms with Gasteiger partial charge in [0.15, 0.2) is 5.15 Å². The number of halogens is 1. The largest absolute Gasteiger partial charge is 0.159 e. The van der Waals surface area contributed by atoms with E-state index in [1.165, 1.54) is 0 Å². The van der Waals surface area contributed by atoms with Gasteiger partial charge in [-0.25, -0.2) is 0 Å². The minimum atomic E-state index is 0.408. The second-order valence-corrected chi connectivity index (χ2v) is 2.57. The fraction of sp³-hybridized carbons (Fsp3) is 0.111. The molecule has 1 rings (SSSR count). The van der Waals surface area contributed by atoms with E-state index in [2.05, 4.69) is 16.8 Å². The minimum Gasteiger partial charge on any atom is -0.157 e. The summed E-state index contributed by atoms with van der Waals surface area (Å²) in [5, 5.41) is 7.84. The van der Waals surface area contributed by atoms with Crippen LogP contribution in [0.2, 0.25) is 5.15 Å². The normalized spacial score (nSPS) is 10.5. The molecular weight excluding hydrogens is 172 g/mol. The van der Waals surface area contributed by atoms with Gasteiger partial charge in [-0.2, -0.15) is 5.10 Å². The third-order valence-corrected chi connectivity index (χ3v) is 1.71. The predicted octanol–water partition coefficient (Wildman–Crippen LogP) is 2.81. The first-order chi connectivity index (χ1) is 5.79. The van der Waals surface area contributed by atoms with Crippen LogP contribution in [-0.4, -0.2) is 10.2 Å². The molecule has 0 fully saturated rings. The van der Waals surface area contributed by atoms with Crippen molar-refractivity contribution < 1.29 is 0 Å². The number of hydrogen-bond donors (Lipinski definition) is 0. The molecule has 2 nitrogen and oxygen atoms in total. The summed E-state index contributed by atoms with van der Waals surface area (Å²) in [5.74, 6) is 0. The average molecular weight is 181 g/mol. The van der Waals surface area contributed by atoms with E-state index in [1.807, 2.05) is 19.1 Å². The molecule has 0 spiro atoms. The van der Waals surface area contributed by atoms with E-state index in [0.29, 0.717) is 5.15 Å². The quantitative estimate of drug-likeness (QED) is 0.700. The summed E-state index contributed by atoms with van der Waals surface area (Å²) in [6.07, 6.45) is 7.12. The zero-order chi connectivity index (χ0) is 8.97. The van der Waals surface area contributed by atoms with Gasteiger partial charge >= 0.3 is 0 Å². The van der Waals surface area contributed by atoms with Crippen LogP contribution >= 0.6 is 11.6 Å². The molecule has 0 radical (unpaired) electrons. The highest BCUT2D eigenvalue weighted by Gasteiger charge is 2.01. The molecule has 0 aliphatic carbocycles. The van der Waals surface area contributed by atoms with Gasteiger partial charge < -0.3 is 0 Å². The van der Waals surface area contributed by atoms with Gasteiger partial charge in [0.2, 0.25) is 0 Å². The van der Waals surface area contributed by atoms with Crippen LogP contribution < -0.4 is 0 Å². The van der Waals surface area contributed by atoms with Crippen molar-refractivity contribution in [2.75, 3.05) is 0 Å². The maximum absolute atomic E-state index is 5.81. The molecule has 0 aromatic carbocycles. The molecule has 0 N–H and O–H groups in total. The van der Waals surface area contributed by atoms with E-state index < -0.39 is 0 Å². The molecule has 0 amide bonds. The first-order valence-corrected chi connectivity index (χ1v) is 3.93. The number of hydrogen-bond acceptors (Lipinski definition) is 2. The molecule has 0 atom stereocenters. The summed E-state index contributed by atoms with van der Waals surface area (Å²) < 4.78 is 0. The summed E-state index contributed by atoms with van der Waals surface area (Å²) in [5.41, 5.74) is 1.76. The average Bonchev–Trinajstić information content (AvgIpc) is 2.09. The first-order valence-electron chi connectivity index (χ1n) is 3.56. The Morgan fingerprint density at radius 2 is 2.33 bits per heavy atom. The standard InChI is InChI=1S/C9H9ClN2/c1-3-5-8-7(4-2)6-11-12-9(8)10/h3-6H,2H2,1H3/b5-3-. The number of aromatic nitrogens is 2. The van der Waals surface area contributed by atoms with Crippen molar-refractivity contribution in [3.63, 3.8) is 0 Å². The van der Waals surface area contributed by atoms with E-state index in [4.69, 9.17) is 11.6 Å². The Hall–Kier alpha value is -1.15. The minimum absolute atomic E-state index is 0.408. The van der Waals surface area contributed by atoms with Crippen LogP contribution in [0.4, 0.5) is 0 Å². The summed E-state index contributed by atoms with van der Waals surface area (Å²) >= 11 is 5.81. The molecule has 0 saturated carbocycles. The van der Waals surface area contributed by atoms with Crippen molar-refractivity contribution in [2.24, 2.45) is 0 Å². The number of allylic oxidation sites excluding steroid dienone is 1. The Kier molecular flexibility index (Phi) is 3.00.